The van der Waals surface area contributed by atoms with E-state index in [0.29, 0.717) is 6.07 Å². The van der Waals surface area contributed by atoms with Crippen LogP contribution < -0.4 is 0 Å². The van der Waals surface area contributed by atoms with Crippen LogP contribution in [0.4, 0.5) is 13.2 Å². The molecule has 0 radical (unpaired) electrons. The molecule has 0 saturated carbocycles. The molecule has 0 heterocycles. The maximum Gasteiger partial charge on any atom is 0.416 e. The van der Waals surface area contributed by atoms with E-state index >= 15 is 0 Å². The minimum Gasteiger partial charge on any atom is -0.276 e. The van der Waals surface area contributed by atoms with Gasteiger partial charge in [0.15, 0.2) is 0 Å². The number of rotatable bonds is 1. The van der Waals surface area contributed by atoms with Gasteiger partial charge in [-0.25, -0.2) is 0 Å². The van der Waals surface area contributed by atoms with Crippen LogP contribution in [-0.4, -0.2) is 5.24 Å². The summed E-state index contributed by atoms with van der Waals surface area (Å²) in [5.74, 6) is 0. The van der Waals surface area contributed by atoms with E-state index in [4.69, 9.17) is 11.6 Å². The number of carbonyl (C=O) groups excluding carboxylic acids is 1. The molecular weight excluding hydrogens is 284 g/mol. The zero-order chi connectivity index (χ0) is 10.9. The van der Waals surface area contributed by atoms with Crippen molar-refractivity contribution in [3.63, 3.8) is 0 Å². The zero-order valence-corrected chi connectivity index (χ0v) is 8.87. The number of carbonyl (C=O) groups is 1. The number of hydrogen-bond donors (Lipinski definition) is 0. The van der Waals surface area contributed by atoms with Crippen molar-refractivity contribution >= 4 is 32.8 Å². The van der Waals surface area contributed by atoms with Crippen molar-refractivity contribution in [1.29, 1.82) is 0 Å². The lowest BCUT2D eigenvalue weighted by Gasteiger charge is -2.07. The Kier molecular flexibility index (Phi) is 3.21. The molecule has 1 aromatic carbocycles. The quantitative estimate of drug-likeness (QED) is 0.717. The van der Waals surface area contributed by atoms with Gasteiger partial charge in [-0.15, -0.1) is 0 Å². The summed E-state index contributed by atoms with van der Waals surface area (Å²) < 4.78 is 36.8. The predicted octanol–water partition coefficient (Wildman–Crippen LogP) is 3.85. The Morgan fingerprint density at radius 1 is 1.36 bits per heavy atom. The largest absolute Gasteiger partial charge is 0.416 e. The van der Waals surface area contributed by atoms with E-state index in [1.54, 1.807) is 0 Å². The van der Waals surface area contributed by atoms with Crippen molar-refractivity contribution in [1.82, 2.24) is 0 Å². The molecule has 0 aromatic heterocycles. The molecule has 0 saturated heterocycles. The van der Waals surface area contributed by atoms with Crippen molar-refractivity contribution in [3.8, 4) is 0 Å². The normalized spacial score (nSPS) is 11.5. The van der Waals surface area contributed by atoms with Crippen LogP contribution >= 0.6 is 27.5 Å². The average Bonchev–Trinajstić information content (AvgIpc) is 2.02. The smallest absolute Gasteiger partial charge is 0.276 e. The topological polar surface area (TPSA) is 17.1 Å². The molecule has 1 nitrogen and oxygen atoms in total. The van der Waals surface area contributed by atoms with Gasteiger partial charge in [0.05, 0.1) is 5.56 Å². The Morgan fingerprint density at radius 3 is 2.36 bits per heavy atom. The highest BCUT2D eigenvalue weighted by Gasteiger charge is 2.31. The Labute approximate surface area is 91.0 Å². The molecule has 0 N–H and O–H groups in total. The molecule has 0 aliphatic rings. The monoisotopic (exact) mass is 286 g/mol. The second-order valence-electron chi connectivity index (χ2n) is 2.47. The average molecular weight is 287 g/mol. The molecule has 0 unspecified atom stereocenters. The van der Waals surface area contributed by atoms with Crippen molar-refractivity contribution in [2.24, 2.45) is 0 Å². The van der Waals surface area contributed by atoms with Gasteiger partial charge in [0.25, 0.3) is 5.24 Å². The number of halogens is 5. The first-order valence-corrected chi connectivity index (χ1v) is 4.56. The maximum atomic E-state index is 12.2. The third-order valence-electron chi connectivity index (χ3n) is 1.51. The fourth-order valence-corrected chi connectivity index (χ4v) is 1.55. The van der Waals surface area contributed by atoms with Crippen molar-refractivity contribution in [2.75, 3.05) is 0 Å². The summed E-state index contributed by atoms with van der Waals surface area (Å²) in [6.45, 7) is 0. The van der Waals surface area contributed by atoms with Crippen molar-refractivity contribution in [2.45, 2.75) is 6.18 Å². The Hall–Kier alpha value is -0.550. The zero-order valence-electron chi connectivity index (χ0n) is 6.53. The summed E-state index contributed by atoms with van der Waals surface area (Å²) >= 11 is 8.02. The third kappa shape index (κ3) is 2.48. The number of benzene rings is 1. The van der Waals surface area contributed by atoms with Crippen LogP contribution in [0.25, 0.3) is 0 Å². The third-order valence-corrected chi connectivity index (χ3v) is 2.40. The summed E-state index contributed by atoms with van der Waals surface area (Å²) in [5, 5.41) is -0.928. The van der Waals surface area contributed by atoms with E-state index in [-0.39, 0.29) is 10.0 Å². The maximum absolute atomic E-state index is 12.2. The Balaban J connectivity index is 3.27. The highest BCUT2D eigenvalue weighted by atomic mass is 79.9. The van der Waals surface area contributed by atoms with E-state index < -0.39 is 17.0 Å². The van der Waals surface area contributed by atoms with Crippen molar-refractivity contribution < 1.29 is 18.0 Å². The van der Waals surface area contributed by atoms with Crippen LogP contribution in [0, 0.1) is 0 Å². The molecule has 0 fully saturated rings. The number of alkyl halides is 3. The second-order valence-corrected chi connectivity index (χ2v) is 3.66. The van der Waals surface area contributed by atoms with E-state index in [9.17, 15) is 18.0 Å². The lowest BCUT2D eigenvalue weighted by molar-refractivity contribution is -0.137. The van der Waals surface area contributed by atoms with Gasteiger partial charge in [-0.2, -0.15) is 13.2 Å². The lowest BCUT2D eigenvalue weighted by atomic mass is 10.1. The van der Waals surface area contributed by atoms with E-state index in [2.05, 4.69) is 15.9 Å². The summed E-state index contributed by atoms with van der Waals surface area (Å²) in [6, 6.07) is 2.71. The van der Waals surface area contributed by atoms with Crippen LogP contribution in [0.5, 0.6) is 0 Å². The SMILES string of the molecule is O=C(Cl)c1cc(C(F)(F)F)ccc1Br. The number of hydrogen-bond acceptors (Lipinski definition) is 1. The molecule has 14 heavy (non-hydrogen) atoms. The lowest BCUT2D eigenvalue weighted by Crippen LogP contribution is -2.06. The molecular formula is C8H3BrClF3O. The van der Waals surface area contributed by atoms with Gasteiger partial charge in [-0.05, 0) is 45.7 Å². The van der Waals surface area contributed by atoms with Crippen molar-refractivity contribution in [3.05, 3.63) is 33.8 Å². The summed E-state index contributed by atoms with van der Waals surface area (Å²) in [7, 11) is 0. The van der Waals surface area contributed by atoms with Gasteiger partial charge in [0.1, 0.15) is 0 Å². The first kappa shape index (κ1) is 11.5. The van der Waals surface area contributed by atoms with Gasteiger partial charge >= 0.3 is 6.18 Å². The minimum atomic E-state index is -4.47. The highest BCUT2D eigenvalue weighted by Crippen LogP contribution is 2.32. The Bertz CT molecular complexity index is 375. The van der Waals surface area contributed by atoms with Crippen LogP contribution in [0.1, 0.15) is 15.9 Å². The van der Waals surface area contributed by atoms with E-state index in [1.807, 2.05) is 0 Å². The van der Waals surface area contributed by atoms with E-state index in [1.165, 1.54) is 0 Å². The fraction of sp³-hybridized carbons (Fsp3) is 0.125. The molecule has 0 aliphatic carbocycles. The molecule has 0 bridgehead atoms. The molecule has 0 spiro atoms. The molecule has 6 heteroatoms. The first-order chi connectivity index (χ1) is 6.32. The summed E-state index contributed by atoms with van der Waals surface area (Å²) in [4.78, 5) is 10.7. The standard InChI is InChI=1S/C8H3BrClF3O/c9-6-2-1-4(8(11,12)13)3-5(6)7(10)14/h1-3H. The van der Waals surface area contributed by atoms with Crippen LogP contribution in [-0.2, 0) is 6.18 Å². The molecule has 76 valence electrons. The summed E-state index contributed by atoms with van der Waals surface area (Å²) in [5.41, 5.74) is -1.09. The highest BCUT2D eigenvalue weighted by molar-refractivity contribution is 9.10. The van der Waals surface area contributed by atoms with Gasteiger partial charge in [-0.3, -0.25) is 4.79 Å². The molecule has 1 rings (SSSR count). The van der Waals surface area contributed by atoms with Gasteiger partial charge in [0.2, 0.25) is 0 Å². The summed E-state index contributed by atoms with van der Waals surface area (Å²) in [6.07, 6.45) is -4.47. The van der Waals surface area contributed by atoms with Crippen LogP contribution in [0.15, 0.2) is 22.7 Å². The molecule has 1 aromatic rings. The first-order valence-electron chi connectivity index (χ1n) is 3.39. The molecule has 0 atom stereocenters. The van der Waals surface area contributed by atoms with Gasteiger partial charge < -0.3 is 0 Å². The molecule has 0 amide bonds. The fourth-order valence-electron chi connectivity index (χ4n) is 0.852. The predicted molar refractivity (Wildman–Crippen MR) is 49.3 cm³/mol. The van der Waals surface area contributed by atoms with Gasteiger partial charge in [-0.1, -0.05) is 0 Å². The van der Waals surface area contributed by atoms with Crippen LogP contribution in [0.2, 0.25) is 0 Å². The minimum absolute atomic E-state index is 0.193. The second kappa shape index (κ2) is 3.90. The molecule has 0 aliphatic heterocycles. The Morgan fingerprint density at radius 2 is 1.93 bits per heavy atom. The van der Waals surface area contributed by atoms with Gasteiger partial charge in [0, 0.05) is 10.0 Å². The van der Waals surface area contributed by atoms with Crippen LogP contribution in [0.3, 0.4) is 0 Å². The van der Waals surface area contributed by atoms with E-state index in [0.717, 1.165) is 12.1 Å².